The molecule has 2 heterocycles. The van der Waals surface area contributed by atoms with E-state index in [1.54, 1.807) is 6.20 Å². The molecule has 2 N–H and O–H groups in total. The molecule has 0 saturated heterocycles. The van der Waals surface area contributed by atoms with Crippen LogP contribution in [0.15, 0.2) is 66.9 Å². The predicted molar refractivity (Wildman–Crippen MR) is 123 cm³/mol. The highest BCUT2D eigenvalue weighted by atomic mass is 16.7. The first kappa shape index (κ1) is 21.1. The van der Waals surface area contributed by atoms with Gasteiger partial charge in [0.15, 0.2) is 11.5 Å². The summed E-state index contributed by atoms with van der Waals surface area (Å²) in [4.78, 5) is 16.0. The van der Waals surface area contributed by atoms with Gasteiger partial charge in [-0.3, -0.25) is 4.79 Å². The summed E-state index contributed by atoms with van der Waals surface area (Å²) < 4.78 is 17.1. The molecule has 0 bridgehead atoms. The summed E-state index contributed by atoms with van der Waals surface area (Å²) in [5, 5.41) is 12.9. The summed E-state index contributed by atoms with van der Waals surface area (Å²) in [5.74, 6) is 2.33. The van der Waals surface area contributed by atoms with E-state index < -0.39 is 11.4 Å². The monoisotopic (exact) mass is 446 g/mol. The third-order valence-electron chi connectivity index (χ3n) is 6.32. The number of carbonyl (C=O) groups is 1. The molecule has 7 nitrogen and oxygen atoms in total. The number of nitrogens with one attached hydrogen (secondary N) is 1. The molecule has 2 aliphatic rings. The van der Waals surface area contributed by atoms with Crippen LogP contribution in [0, 0.1) is 0 Å². The number of aliphatic carboxylic acids is 1. The Balaban J connectivity index is 1.21. The van der Waals surface area contributed by atoms with Crippen molar-refractivity contribution in [2.45, 2.75) is 30.6 Å². The summed E-state index contributed by atoms with van der Waals surface area (Å²) in [6, 6.07) is 19.5. The topological polar surface area (TPSA) is 89.9 Å². The van der Waals surface area contributed by atoms with Crippen molar-refractivity contribution in [3.05, 3.63) is 78.0 Å². The molecule has 1 aromatic heterocycles. The molecular weight excluding hydrogens is 420 g/mol. The second kappa shape index (κ2) is 9.02. The van der Waals surface area contributed by atoms with Gasteiger partial charge in [0, 0.05) is 23.7 Å². The van der Waals surface area contributed by atoms with Gasteiger partial charge in [0.1, 0.15) is 11.6 Å². The van der Waals surface area contributed by atoms with Crippen LogP contribution in [0.3, 0.4) is 0 Å². The van der Waals surface area contributed by atoms with Gasteiger partial charge in [0.2, 0.25) is 6.79 Å². The van der Waals surface area contributed by atoms with Crippen LogP contribution in [-0.2, 0) is 10.2 Å². The van der Waals surface area contributed by atoms with Crippen molar-refractivity contribution in [2.75, 3.05) is 25.3 Å². The second-order valence-electron chi connectivity index (χ2n) is 8.44. The highest BCUT2D eigenvalue weighted by Gasteiger charge is 2.58. The number of benzene rings is 2. The van der Waals surface area contributed by atoms with Gasteiger partial charge in [-0.25, -0.2) is 4.98 Å². The van der Waals surface area contributed by atoms with Crippen LogP contribution in [0.25, 0.3) is 0 Å². The average molecular weight is 447 g/mol. The molecule has 2 aromatic carbocycles. The number of pyridine rings is 1. The minimum absolute atomic E-state index is 0.0546. The molecule has 0 radical (unpaired) electrons. The fourth-order valence-corrected chi connectivity index (χ4v) is 4.66. The van der Waals surface area contributed by atoms with Crippen molar-refractivity contribution in [1.29, 1.82) is 0 Å². The number of hydrogen-bond donors (Lipinski definition) is 2. The largest absolute Gasteiger partial charge is 0.494 e. The molecule has 7 heteroatoms. The number of aromatic nitrogens is 1. The molecule has 170 valence electrons. The number of fused-ring (bicyclic) bond motifs is 1. The molecule has 1 fully saturated rings. The van der Waals surface area contributed by atoms with Crippen LogP contribution >= 0.6 is 0 Å². The smallest absolute Gasteiger partial charge is 0.304 e. The highest BCUT2D eigenvalue weighted by molar-refractivity contribution is 5.72. The lowest BCUT2D eigenvalue weighted by molar-refractivity contribution is -0.137. The summed E-state index contributed by atoms with van der Waals surface area (Å²) >= 11 is 0. The minimum Gasteiger partial charge on any atom is -0.494 e. The maximum atomic E-state index is 11.7. The normalized spacial score (nSPS) is 20.3. The number of nitrogens with zero attached hydrogens (tertiary/aromatic N) is 1. The van der Waals surface area contributed by atoms with Gasteiger partial charge in [0.05, 0.1) is 13.0 Å². The van der Waals surface area contributed by atoms with Gasteiger partial charge in [-0.05, 0) is 54.7 Å². The zero-order chi connectivity index (χ0) is 22.7. The Bertz CT molecular complexity index is 1120. The number of carboxylic acids is 1. The lowest BCUT2D eigenvalue weighted by atomic mass is 9.87. The molecule has 2 atom stereocenters. The molecule has 0 amide bonds. The van der Waals surface area contributed by atoms with E-state index in [-0.39, 0.29) is 19.1 Å². The first-order chi connectivity index (χ1) is 16.2. The summed E-state index contributed by atoms with van der Waals surface area (Å²) in [5.41, 5.74) is 1.55. The number of para-hydroxylation sites is 1. The Morgan fingerprint density at radius 2 is 2.00 bits per heavy atom. The molecule has 1 saturated carbocycles. The SMILES string of the molecule is O=C(O)CC1(c2cccc3c2OCO3)CC1c1ccc(OCCCNc2ccccn2)cc1. The Kier molecular flexibility index (Phi) is 5.77. The van der Waals surface area contributed by atoms with Crippen molar-refractivity contribution in [1.82, 2.24) is 4.98 Å². The Morgan fingerprint density at radius 1 is 1.12 bits per heavy atom. The third-order valence-corrected chi connectivity index (χ3v) is 6.32. The minimum atomic E-state index is -0.812. The Labute approximate surface area is 192 Å². The number of anilines is 1. The molecule has 3 aromatic rings. The molecular formula is C26H26N2O5. The maximum Gasteiger partial charge on any atom is 0.304 e. The van der Waals surface area contributed by atoms with E-state index in [2.05, 4.69) is 10.3 Å². The second-order valence-corrected chi connectivity index (χ2v) is 8.44. The Hall–Kier alpha value is -3.74. The van der Waals surface area contributed by atoms with Crippen LogP contribution in [0.5, 0.6) is 17.2 Å². The zero-order valence-electron chi connectivity index (χ0n) is 18.2. The molecule has 1 aliphatic heterocycles. The lowest BCUT2D eigenvalue weighted by Gasteiger charge is -2.18. The predicted octanol–water partition coefficient (Wildman–Crippen LogP) is 4.59. The van der Waals surface area contributed by atoms with E-state index in [4.69, 9.17) is 14.2 Å². The van der Waals surface area contributed by atoms with Crippen molar-refractivity contribution in [3.8, 4) is 17.2 Å². The van der Waals surface area contributed by atoms with Crippen LogP contribution < -0.4 is 19.5 Å². The Morgan fingerprint density at radius 3 is 2.79 bits per heavy atom. The van der Waals surface area contributed by atoms with E-state index in [1.807, 2.05) is 60.7 Å². The fraction of sp³-hybridized carbons (Fsp3) is 0.308. The van der Waals surface area contributed by atoms with Crippen molar-refractivity contribution in [2.24, 2.45) is 0 Å². The summed E-state index contributed by atoms with van der Waals surface area (Å²) in [7, 11) is 0. The number of rotatable bonds is 10. The van der Waals surface area contributed by atoms with Crippen LogP contribution in [0.4, 0.5) is 5.82 Å². The summed E-state index contributed by atoms with van der Waals surface area (Å²) in [6.45, 7) is 1.55. The van der Waals surface area contributed by atoms with Gasteiger partial charge >= 0.3 is 5.97 Å². The van der Waals surface area contributed by atoms with E-state index >= 15 is 0 Å². The molecule has 2 unspecified atom stereocenters. The van der Waals surface area contributed by atoms with Gasteiger partial charge < -0.3 is 24.6 Å². The average Bonchev–Trinajstić information content (AvgIpc) is 3.33. The van der Waals surface area contributed by atoms with Crippen LogP contribution in [0.1, 0.15) is 36.3 Å². The van der Waals surface area contributed by atoms with E-state index in [1.165, 1.54) is 0 Å². The van der Waals surface area contributed by atoms with Gasteiger partial charge in [-0.1, -0.05) is 30.3 Å². The molecule has 33 heavy (non-hydrogen) atoms. The van der Waals surface area contributed by atoms with E-state index in [0.29, 0.717) is 18.1 Å². The van der Waals surface area contributed by atoms with Gasteiger partial charge in [0.25, 0.3) is 0 Å². The highest BCUT2D eigenvalue weighted by Crippen LogP contribution is 2.65. The fourth-order valence-electron chi connectivity index (χ4n) is 4.66. The van der Waals surface area contributed by atoms with Crippen molar-refractivity contribution < 1.29 is 24.1 Å². The maximum absolute atomic E-state index is 11.7. The number of ether oxygens (including phenoxy) is 3. The zero-order valence-corrected chi connectivity index (χ0v) is 18.2. The van der Waals surface area contributed by atoms with E-state index in [0.717, 1.165) is 42.1 Å². The quantitative estimate of drug-likeness (QED) is 0.440. The first-order valence-electron chi connectivity index (χ1n) is 11.1. The molecule has 5 rings (SSSR count). The van der Waals surface area contributed by atoms with Gasteiger partial charge in [-0.2, -0.15) is 0 Å². The third kappa shape index (κ3) is 4.44. The van der Waals surface area contributed by atoms with Crippen molar-refractivity contribution >= 4 is 11.8 Å². The van der Waals surface area contributed by atoms with E-state index in [9.17, 15) is 9.90 Å². The number of hydrogen-bond acceptors (Lipinski definition) is 6. The molecule has 0 spiro atoms. The first-order valence-corrected chi connectivity index (χ1v) is 11.1. The standard InChI is InChI=1S/C26H26N2O5/c29-24(30)16-26(20-5-3-6-22-25(20)33-17-32-22)15-21(26)18-8-10-19(11-9-18)31-14-4-13-28-23-7-1-2-12-27-23/h1-3,5-12,21H,4,13-17H2,(H,27,28)(H,29,30). The number of carboxylic acid groups (broad SMARTS) is 1. The van der Waals surface area contributed by atoms with Crippen LogP contribution in [0.2, 0.25) is 0 Å². The van der Waals surface area contributed by atoms with Crippen molar-refractivity contribution in [3.63, 3.8) is 0 Å². The van der Waals surface area contributed by atoms with Gasteiger partial charge in [-0.15, -0.1) is 0 Å². The molecule has 1 aliphatic carbocycles. The summed E-state index contributed by atoms with van der Waals surface area (Å²) in [6.07, 6.45) is 3.43. The lowest BCUT2D eigenvalue weighted by Crippen LogP contribution is -2.16. The van der Waals surface area contributed by atoms with Crippen LogP contribution in [-0.4, -0.2) is 36.0 Å².